The summed E-state index contributed by atoms with van der Waals surface area (Å²) in [4.78, 5) is 54.7. The molecule has 1 N–H and O–H groups in total. The highest BCUT2D eigenvalue weighted by Gasteiger charge is 2.47. The van der Waals surface area contributed by atoms with E-state index in [4.69, 9.17) is 4.74 Å². The summed E-state index contributed by atoms with van der Waals surface area (Å²) in [5.74, 6) is -3.06. The molecule has 1 fully saturated rings. The third-order valence-electron chi connectivity index (χ3n) is 5.57. The fraction of sp³-hybridized carbons (Fsp3) is 0.154. The van der Waals surface area contributed by atoms with Crippen LogP contribution < -0.4 is 4.90 Å². The zero-order valence-electron chi connectivity index (χ0n) is 19.2. The lowest BCUT2D eigenvalue weighted by Gasteiger charge is -2.25. The maximum Gasteiger partial charge on any atom is 0.338 e. The van der Waals surface area contributed by atoms with E-state index in [-0.39, 0.29) is 34.7 Å². The van der Waals surface area contributed by atoms with E-state index in [0.717, 1.165) is 6.07 Å². The number of pyridine rings is 1. The van der Waals surface area contributed by atoms with Crippen LogP contribution in [0.3, 0.4) is 0 Å². The number of nitro benzene ring substituents is 1. The molecule has 0 bridgehead atoms. The Morgan fingerprint density at radius 1 is 1.11 bits per heavy atom. The number of hydrogen-bond donors (Lipinski definition) is 1. The van der Waals surface area contributed by atoms with Gasteiger partial charge in [0.15, 0.2) is 0 Å². The summed E-state index contributed by atoms with van der Waals surface area (Å²) in [6.45, 7) is 2.09. The number of aromatic nitrogens is 1. The van der Waals surface area contributed by atoms with Gasteiger partial charge in [0.2, 0.25) is 0 Å². The zero-order valence-corrected chi connectivity index (χ0v) is 19.2. The van der Waals surface area contributed by atoms with Crippen molar-refractivity contribution < 1.29 is 29.2 Å². The molecule has 1 unspecified atom stereocenters. The van der Waals surface area contributed by atoms with E-state index < -0.39 is 34.4 Å². The predicted molar refractivity (Wildman–Crippen MR) is 129 cm³/mol. The first-order valence-electron chi connectivity index (χ1n) is 11.1. The van der Waals surface area contributed by atoms with E-state index in [2.05, 4.69) is 4.98 Å². The van der Waals surface area contributed by atoms with Crippen LogP contribution in [0.1, 0.15) is 40.9 Å². The van der Waals surface area contributed by atoms with Crippen molar-refractivity contribution in [1.29, 1.82) is 0 Å². The molecule has 0 radical (unpaired) electrons. The van der Waals surface area contributed by atoms with Gasteiger partial charge < -0.3 is 9.84 Å². The molecule has 2 heterocycles. The first-order chi connectivity index (χ1) is 17.3. The Morgan fingerprint density at radius 3 is 2.56 bits per heavy atom. The zero-order chi connectivity index (χ0) is 25.8. The lowest BCUT2D eigenvalue weighted by Crippen LogP contribution is -2.29. The highest BCUT2D eigenvalue weighted by Crippen LogP contribution is 2.42. The Morgan fingerprint density at radius 2 is 1.86 bits per heavy atom. The third kappa shape index (κ3) is 4.56. The van der Waals surface area contributed by atoms with Crippen molar-refractivity contribution >= 4 is 34.8 Å². The third-order valence-corrected chi connectivity index (χ3v) is 5.57. The number of aliphatic hydroxyl groups is 1. The smallest absolute Gasteiger partial charge is 0.338 e. The molecule has 36 heavy (non-hydrogen) atoms. The highest BCUT2D eigenvalue weighted by atomic mass is 16.6. The first-order valence-corrected chi connectivity index (χ1v) is 11.1. The van der Waals surface area contributed by atoms with Crippen LogP contribution in [0.4, 0.5) is 11.4 Å². The number of non-ortho nitro benzene ring substituents is 1. The van der Waals surface area contributed by atoms with Crippen molar-refractivity contribution in [3.8, 4) is 0 Å². The molecule has 0 saturated carbocycles. The van der Waals surface area contributed by atoms with Gasteiger partial charge in [-0.25, -0.2) is 4.79 Å². The number of benzene rings is 2. The lowest BCUT2D eigenvalue weighted by molar-refractivity contribution is -0.384. The number of rotatable bonds is 7. The summed E-state index contributed by atoms with van der Waals surface area (Å²) in [7, 11) is 0. The fourth-order valence-electron chi connectivity index (χ4n) is 3.94. The number of anilines is 1. The van der Waals surface area contributed by atoms with Crippen LogP contribution in [-0.4, -0.2) is 39.3 Å². The van der Waals surface area contributed by atoms with E-state index in [9.17, 15) is 29.6 Å². The normalized spacial score (nSPS) is 16.7. The Balaban J connectivity index is 1.87. The van der Waals surface area contributed by atoms with Crippen LogP contribution in [0.5, 0.6) is 0 Å². The summed E-state index contributed by atoms with van der Waals surface area (Å²) in [5, 5.41) is 22.3. The number of aliphatic hydroxyl groups excluding tert-OH is 1. The van der Waals surface area contributed by atoms with Crippen LogP contribution in [0.15, 0.2) is 78.6 Å². The van der Waals surface area contributed by atoms with Crippen molar-refractivity contribution in [2.24, 2.45) is 0 Å². The number of ketones is 1. The standard InChI is InChI=1S/C26H21N3O7/c1-2-12-36-26(33)17-7-4-9-19(14-17)28-22(18-8-5-11-27-15-18)21(24(31)25(28)32)23(30)16-6-3-10-20(13-16)29(34)35/h3-11,13-15,22,30H,2,12H2,1H3/b23-21-. The van der Waals surface area contributed by atoms with Crippen LogP contribution >= 0.6 is 0 Å². The van der Waals surface area contributed by atoms with Crippen molar-refractivity contribution in [2.45, 2.75) is 19.4 Å². The highest BCUT2D eigenvalue weighted by molar-refractivity contribution is 6.51. The van der Waals surface area contributed by atoms with Gasteiger partial charge in [0.05, 0.1) is 28.7 Å². The molecule has 1 aromatic heterocycles. The summed E-state index contributed by atoms with van der Waals surface area (Å²) >= 11 is 0. The van der Waals surface area contributed by atoms with Crippen LogP contribution in [-0.2, 0) is 14.3 Å². The SMILES string of the molecule is CCCOC(=O)c1cccc(N2C(=O)C(=O)/C(=C(\O)c3cccc([N+](=O)[O-])c3)C2c2cccnc2)c1. The summed E-state index contributed by atoms with van der Waals surface area (Å²) in [6.07, 6.45) is 3.60. The number of nitrogens with zero attached hydrogens (tertiary/aromatic N) is 3. The molecule has 1 amide bonds. The average molecular weight is 487 g/mol. The van der Waals surface area contributed by atoms with Gasteiger partial charge in [-0.3, -0.25) is 29.6 Å². The Labute approximate surface area is 205 Å². The molecule has 0 spiro atoms. The van der Waals surface area contributed by atoms with Gasteiger partial charge in [-0.2, -0.15) is 0 Å². The molecule has 2 aromatic carbocycles. The molecule has 10 nitrogen and oxygen atoms in total. The molecule has 1 aliphatic rings. The van der Waals surface area contributed by atoms with Crippen LogP contribution in [0, 0.1) is 10.1 Å². The maximum atomic E-state index is 13.3. The molecule has 3 aromatic rings. The largest absolute Gasteiger partial charge is 0.507 e. The first kappa shape index (κ1) is 24.3. The van der Waals surface area contributed by atoms with Gasteiger partial charge in [-0.15, -0.1) is 0 Å². The number of carbonyl (C=O) groups is 3. The molecule has 0 aliphatic carbocycles. The fourth-order valence-corrected chi connectivity index (χ4v) is 3.94. The van der Waals surface area contributed by atoms with Gasteiger partial charge in [-0.1, -0.05) is 31.2 Å². The van der Waals surface area contributed by atoms with Crippen LogP contribution in [0.2, 0.25) is 0 Å². The van der Waals surface area contributed by atoms with Gasteiger partial charge in [0.1, 0.15) is 5.76 Å². The average Bonchev–Trinajstić information content (AvgIpc) is 3.17. The van der Waals surface area contributed by atoms with Crippen molar-refractivity contribution in [1.82, 2.24) is 4.98 Å². The Hall–Kier alpha value is -4.86. The minimum atomic E-state index is -1.10. The number of Topliss-reactive ketones (excluding diaryl/α,β-unsaturated/α-hetero) is 1. The summed E-state index contributed by atoms with van der Waals surface area (Å²) in [5.41, 5.74) is 0.300. The number of esters is 1. The Bertz CT molecular complexity index is 1390. The second-order valence-corrected chi connectivity index (χ2v) is 7.95. The minimum absolute atomic E-state index is 0.00739. The van der Waals surface area contributed by atoms with Gasteiger partial charge >= 0.3 is 5.97 Å². The van der Waals surface area contributed by atoms with Crippen molar-refractivity contribution in [3.05, 3.63) is 105 Å². The molecule has 1 atom stereocenters. The van der Waals surface area contributed by atoms with Gasteiger partial charge in [0, 0.05) is 35.8 Å². The molecule has 1 aliphatic heterocycles. The Kier molecular flexibility index (Phi) is 6.86. The molecule has 10 heteroatoms. The predicted octanol–water partition coefficient (Wildman–Crippen LogP) is 4.18. The van der Waals surface area contributed by atoms with Gasteiger partial charge in [-0.05, 0) is 36.2 Å². The summed E-state index contributed by atoms with van der Waals surface area (Å²) < 4.78 is 5.18. The molecular weight excluding hydrogens is 466 g/mol. The molecular formula is C26H21N3O7. The van der Waals surface area contributed by atoms with Crippen LogP contribution in [0.25, 0.3) is 5.76 Å². The molecule has 182 valence electrons. The minimum Gasteiger partial charge on any atom is -0.507 e. The number of hydrogen-bond acceptors (Lipinski definition) is 8. The van der Waals surface area contributed by atoms with Crippen molar-refractivity contribution in [2.75, 3.05) is 11.5 Å². The monoisotopic (exact) mass is 487 g/mol. The number of carbonyl (C=O) groups excluding carboxylic acids is 3. The number of nitro groups is 1. The number of ether oxygens (including phenoxy) is 1. The topological polar surface area (TPSA) is 140 Å². The molecule has 1 saturated heterocycles. The number of amides is 1. The van der Waals surface area contributed by atoms with E-state index in [1.165, 1.54) is 47.6 Å². The maximum absolute atomic E-state index is 13.3. The quantitative estimate of drug-likeness (QED) is 0.131. The second kappa shape index (κ2) is 10.2. The molecule has 4 rings (SSSR count). The van der Waals surface area contributed by atoms with E-state index in [0.29, 0.717) is 12.0 Å². The van der Waals surface area contributed by atoms with Crippen molar-refractivity contribution in [3.63, 3.8) is 0 Å². The van der Waals surface area contributed by atoms with E-state index >= 15 is 0 Å². The summed E-state index contributed by atoms with van der Waals surface area (Å²) in [6, 6.07) is 13.4. The van der Waals surface area contributed by atoms with Gasteiger partial charge in [0.25, 0.3) is 17.4 Å². The second-order valence-electron chi connectivity index (χ2n) is 7.95. The van der Waals surface area contributed by atoms with E-state index in [1.54, 1.807) is 24.3 Å². The lowest BCUT2D eigenvalue weighted by atomic mass is 9.96. The van der Waals surface area contributed by atoms with E-state index in [1.807, 2.05) is 6.92 Å².